The molecule has 0 unspecified atom stereocenters. The van der Waals surface area contributed by atoms with Crippen LogP contribution in [-0.2, 0) is 4.79 Å². The summed E-state index contributed by atoms with van der Waals surface area (Å²) in [5.41, 5.74) is 1.64. The lowest BCUT2D eigenvalue weighted by atomic mass is 10.2. The van der Waals surface area contributed by atoms with Crippen molar-refractivity contribution >= 4 is 17.4 Å². The van der Waals surface area contributed by atoms with Crippen LogP contribution in [0.15, 0.2) is 66.9 Å². The van der Waals surface area contributed by atoms with Crippen LogP contribution in [0.1, 0.15) is 5.56 Å². The highest BCUT2D eigenvalue weighted by Crippen LogP contribution is 2.24. The highest BCUT2D eigenvalue weighted by atomic mass is 16.6. The highest BCUT2D eigenvalue weighted by Gasteiger charge is 2.16. The van der Waals surface area contributed by atoms with E-state index >= 15 is 0 Å². The summed E-state index contributed by atoms with van der Waals surface area (Å²) in [7, 11) is 0. The van der Waals surface area contributed by atoms with Crippen LogP contribution in [0.3, 0.4) is 0 Å². The minimum Gasteiger partial charge on any atom is -0.476 e. The van der Waals surface area contributed by atoms with Gasteiger partial charge in [-0.15, -0.1) is 0 Å². The number of pyridine rings is 1. The van der Waals surface area contributed by atoms with Gasteiger partial charge in [-0.25, -0.2) is 0 Å². The molecule has 1 amide bonds. The molecule has 8 nitrogen and oxygen atoms in total. The topological polar surface area (TPSA) is 104 Å². The number of nitrogens with one attached hydrogen (secondary N) is 1. The Bertz CT molecular complexity index is 989. The van der Waals surface area contributed by atoms with E-state index in [-0.39, 0.29) is 12.4 Å². The average molecular weight is 379 g/mol. The van der Waals surface area contributed by atoms with Crippen molar-refractivity contribution < 1.29 is 19.2 Å². The van der Waals surface area contributed by atoms with E-state index < -0.39 is 16.6 Å². The molecular formula is C20H17N3O5. The van der Waals surface area contributed by atoms with Gasteiger partial charge in [0.05, 0.1) is 0 Å². The molecule has 0 aliphatic rings. The fraction of sp³-hybridized carbons (Fsp3) is 0.100. The molecule has 0 spiro atoms. The van der Waals surface area contributed by atoms with Crippen molar-refractivity contribution in [3.63, 3.8) is 0 Å². The van der Waals surface area contributed by atoms with Crippen molar-refractivity contribution in [2.75, 3.05) is 11.9 Å². The lowest BCUT2D eigenvalue weighted by Gasteiger charge is -2.09. The van der Waals surface area contributed by atoms with E-state index in [0.717, 1.165) is 11.3 Å². The predicted molar refractivity (Wildman–Crippen MR) is 103 cm³/mol. The molecule has 142 valence electrons. The van der Waals surface area contributed by atoms with Gasteiger partial charge in [0.2, 0.25) is 5.75 Å². The minimum atomic E-state index is -0.666. The third-order valence-electron chi connectivity index (χ3n) is 3.65. The third-order valence-corrected chi connectivity index (χ3v) is 3.65. The summed E-state index contributed by atoms with van der Waals surface area (Å²) in [6, 6.07) is 17.4. The third kappa shape index (κ3) is 5.04. The first kappa shape index (κ1) is 18.8. The normalized spacial score (nSPS) is 10.2. The molecule has 3 rings (SSSR count). The number of hydrogen-bond acceptors (Lipinski definition) is 6. The Morgan fingerprint density at radius 3 is 2.61 bits per heavy atom. The second kappa shape index (κ2) is 8.63. The summed E-state index contributed by atoms with van der Waals surface area (Å²) in [6.07, 6.45) is 1.28. The van der Waals surface area contributed by atoms with Crippen molar-refractivity contribution in [2.45, 2.75) is 6.92 Å². The smallest absolute Gasteiger partial charge is 0.406 e. The Morgan fingerprint density at radius 2 is 1.89 bits per heavy atom. The first-order valence-corrected chi connectivity index (χ1v) is 8.38. The summed E-state index contributed by atoms with van der Waals surface area (Å²) in [5.74, 6) is 0.400. The molecule has 0 bridgehead atoms. The van der Waals surface area contributed by atoms with E-state index in [0.29, 0.717) is 11.4 Å². The quantitative estimate of drug-likeness (QED) is 0.489. The first-order chi connectivity index (χ1) is 13.5. The lowest BCUT2D eigenvalue weighted by Crippen LogP contribution is -2.20. The summed E-state index contributed by atoms with van der Waals surface area (Å²) < 4.78 is 11.0. The zero-order valence-electron chi connectivity index (χ0n) is 15.0. The van der Waals surface area contributed by atoms with Gasteiger partial charge in [0.25, 0.3) is 5.91 Å². The van der Waals surface area contributed by atoms with Gasteiger partial charge in [0.1, 0.15) is 17.7 Å². The maximum atomic E-state index is 12.0. The van der Waals surface area contributed by atoms with Crippen LogP contribution < -0.4 is 14.8 Å². The monoisotopic (exact) mass is 379 g/mol. The standard InChI is InChI=1S/C20H17N3O5/c1-14-4-2-5-17(12-14)28-16-9-7-15(8-10-16)22-19(24)13-27-18-6-3-11-21-20(18)23(25)26/h2-12H,13H2,1H3,(H,22,24). The number of nitro groups is 1. The van der Waals surface area contributed by atoms with Crippen LogP contribution in [-0.4, -0.2) is 22.4 Å². The number of benzene rings is 2. The van der Waals surface area contributed by atoms with Crippen molar-refractivity contribution in [1.82, 2.24) is 4.98 Å². The van der Waals surface area contributed by atoms with Gasteiger partial charge in [0, 0.05) is 5.69 Å². The Hall–Kier alpha value is -3.94. The lowest BCUT2D eigenvalue weighted by molar-refractivity contribution is -0.390. The predicted octanol–water partition coefficient (Wildman–Crippen LogP) is 4.11. The van der Waals surface area contributed by atoms with Crippen molar-refractivity contribution in [1.29, 1.82) is 0 Å². The number of carbonyl (C=O) groups is 1. The van der Waals surface area contributed by atoms with Crippen LogP contribution in [0.4, 0.5) is 11.5 Å². The largest absolute Gasteiger partial charge is 0.476 e. The van der Waals surface area contributed by atoms with Gasteiger partial charge in [0.15, 0.2) is 6.61 Å². The molecule has 0 aliphatic heterocycles. The molecule has 0 aliphatic carbocycles. The fourth-order valence-corrected chi connectivity index (χ4v) is 2.39. The minimum absolute atomic E-state index is 0.0652. The number of nitrogens with zero attached hydrogens (tertiary/aromatic N) is 2. The molecule has 1 N–H and O–H groups in total. The zero-order chi connectivity index (χ0) is 19.9. The number of hydrogen-bond donors (Lipinski definition) is 1. The molecule has 1 heterocycles. The van der Waals surface area contributed by atoms with Crippen LogP contribution in [0.5, 0.6) is 17.2 Å². The van der Waals surface area contributed by atoms with Gasteiger partial charge in [-0.3, -0.25) is 4.79 Å². The second-order valence-electron chi connectivity index (χ2n) is 5.86. The number of aryl methyl sites for hydroxylation is 1. The molecule has 0 radical (unpaired) electrons. The molecule has 8 heteroatoms. The number of anilines is 1. The van der Waals surface area contributed by atoms with Gasteiger partial charge in [-0.2, -0.15) is 0 Å². The summed E-state index contributed by atoms with van der Waals surface area (Å²) in [4.78, 5) is 25.9. The molecular weight excluding hydrogens is 362 g/mol. The van der Waals surface area contributed by atoms with Crippen molar-refractivity contribution in [2.24, 2.45) is 0 Å². The maximum Gasteiger partial charge on any atom is 0.406 e. The van der Waals surface area contributed by atoms with Crippen LogP contribution in [0, 0.1) is 17.0 Å². The summed E-state index contributed by atoms with van der Waals surface area (Å²) >= 11 is 0. The van der Waals surface area contributed by atoms with Gasteiger partial charge < -0.3 is 24.9 Å². The van der Waals surface area contributed by atoms with Crippen molar-refractivity contribution in [3.05, 3.63) is 82.5 Å². The van der Waals surface area contributed by atoms with Gasteiger partial charge in [-0.05, 0) is 70.9 Å². The first-order valence-electron chi connectivity index (χ1n) is 8.38. The van der Waals surface area contributed by atoms with E-state index in [1.54, 1.807) is 24.3 Å². The molecule has 0 fully saturated rings. The van der Waals surface area contributed by atoms with Gasteiger partial charge in [-0.1, -0.05) is 12.1 Å². The Balaban J connectivity index is 1.55. The molecule has 0 saturated heterocycles. The summed E-state index contributed by atoms with van der Waals surface area (Å²) in [5, 5.41) is 13.5. The van der Waals surface area contributed by atoms with E-state index in [4.69, 9.17) is 9.47 Å². The molecule has 2 aromatic carbocycles. The van der Waals surface area contributed by atoms with Crippen molar-refractivity contribution in [3.8, 4) is 17.2 Å². The fourth-order valence-electron chi connectivity index (χ4n) is 2.39. The van der Waals surface area contributed by atoms with E-state index in [1.807, 2.05) is 31.2 Å². The maximum absolute atomic E-state index is 12.0. The number of rotatable bonds is 7. The molecule has 28 heavy (non-hydrogen) atoms. The van der Waals surface area contributed by atoms with Crippen LogP contribution in [0.25, 0.3) is 0 Å². The second-order valence-corrected chi connectivity index (χ2v) is 5.86. The Labute approximate surface area is 160 Å². The highest BCUT2D eigenvalue weighted by molar-refractivity contribution is 5.91. The molecule has 3 aromatic rings. The molecule has 0 saturated carbocycles. The van der Waals surface area contributed by atoms with E-state index in [1.165, 1.54) is 18.3 Å². The van der Waals surface area contributed by atoms with Gasteiger partial charge >= 0.3 is 5.82 Å². The summed E-state index contributed by atoms with van der Waals surface area (Å²) in [6.45, 7) is 1.60. The Kier molecular flexibility index (Phi) is 5.81. The number of carbonyl (C=O) groups excluding carboxylic acids is 1. The Morgan fingerprint density at radius 1 is 1.11 bits per heavy atom. The van der Waals surface area contributed by atoms with Crippen LogP contribution in [0.2, 0.25) is 0 Å². The number of ether oxygens (including phenoxy) is 2. The average Bonchev–Trinajstić information content (AvgIpc) is 2.68. The van der Waals surface area contributed by atoms with Crippen LogP contribution >= 0.6 is 0 Å². The zero-order valence-corrected chi connectivity index (χ0v) is 15.0. The van der Waals surface area contributed by atoms with E-state index in [9.17, 15) is 14.9 Å². The number of amides is 1. The van der Waals surface area contributed by atoms with E-state index in [2.05, 4.69) is 10.3 Å². The SMILES string of the molecule is Cc1cccc(Oc2ccc(NC(=O)COc3cccnc3[N+](=O)[O-])cc2)c1. The molecule has 1 aromatic heterocycles. The molecule has 0 atom stereocenters. The number of aromatic nitrogens is 1.